The highest BCUT2D eigenvalue weighted by Crippen LogP contribution is 2.28. The normalized spacial score (nSPS) is 10.1. The van der Waals surface area contributed by atoms with Crippen LogP contribution in [0.15, 0.2) is 30.5 Å². The van der Waals surface area contributed by atoms with E-state index in [4.69, 9.17) is 22.7 Å². The van der Waals surface area contributed by atoms with Crippen LogP contribution < -0.4 is 15.8 Å². The summed E-state index contributed by atoms with van der Waals surface area (Å²) < 4.78 is 6.77. The molecule has 104 valence electrons. The number of carbonyl (C=O) groups is 1. The quantitative estimate of drug-likeness (QED) is 0.830. The van der Waals surface area contributed by atoms with Crippen LogP contribution in [0.25, 0.3) is 0 Å². The SMILES string of the molecule is COc1cccc(C(N)=S)c1NC(=O)c1ccn(C)n1. The Kier molecular flexibility index (Phi) is 3.99. The summed E-state index contributed by atoms with van der Waals surface area (Å²) in [5.74, 6) is 0.132. The summed E-state index contributed by atoms with van der Waals surface area (Å²) in [4.78, 5) is 12.3. The van der Waals surface area contributed by atoms with Crippen LogP contribution in [0, 0.1) is 0 Å². The number of methoxy groups -OCH3 is 1. The topological polar surface area (TPSA) is 82.2 Å². The minimum atomic E-state index is -0.354. The van der Waals surface area contributed by atoms with Crippen molar-refractivity contribution in [2.24, 2.45) is 12.8 Å². The molecule has 6 nitrogen and oxygen atoms in total. The van der Waals surface area contributed by atoms with Gasteiger partial charge in [-0.25, -0.2) is 0 Å². The molecule has 20 heavy (non-hydrogen) atoms. The van der Waals surface area contributed by atoms with Gasteiger partial charge in [-0.2, -0.15) is 5.10 Å². The number of carbonyl (C=O) groups excluding carboxylic acids is 1. The molecular formula is C13H14N4O2S. The molecule has 0 aliphatic carbocycles. The van der Waals surface area contributed by atoms with Crippen molar-refractivity contribution >= 4 is 28.8 Å². The predicted molar refractivity (Wildman–Crippen MR) is 80.0 cm³/mol. The standard InChI is InChI=1S/C13H14N4O2S/c1-17-7-6-9(16-17)13(18)15-11-8(12(14)20)4-3-5-10(11)19-2/h3-7H,1-2H3,(H2,14,20)(H,15,18). The van der Waals surface area contributed by atoms with Crippen molar-refractivity contribution in [2.45, 2.75) is 0 Å². The molecule has 0 fully saturated rings. The van der Waals surface area contributed by atoms with Gasteiger partial charge >= 0.3 is 0 Å². The van der Waals surface area contributed by atoms with Crippen LogP contribution >= 0.6 is 12.2 Å². The highest BCUT2D eigenvalue weighted by molar-refractivity contribution is 7.80. The smallest absolute Gasteiger partial charge is 0.276 e. The highest BCUT2D eigenvalue weighted by Gasteiger charge is 2.16. The number of para-hydroxylation sites is 1. The first-order valence-electron chi connectivity index (χ1n) is 5.80. The van der Waals surface area contributed by atoms with Crippen LogP contribution in [0.5, 0.6) is 5.75 Å². The Morgan fingerprint density at radius 3 is 2.75 bits per heavy atom. The van der Waals surface area contributed by atoms with E-state index in [9.17, 15) is 4.79 Å². The number of anilines is 1. The van der Waals surface area contributed by atoms with E-state index in [1.165, 1.54) is 7.11 Å². The number of aromatic nitrogens is 2. The van der Waals surface area contributed by atoms with Gasteiger partial charge in [0.05, 0.1) is 12.8 Å². The van der Waals surface area contributed by atoms with Crippen molar-refractivity contribution in [3.63, 3.8) is 0 Å². The first kappa shape index (κ1) is 14.0. The van der Waals surface area contributed by atoms with Gasteiger partial charge in [-0.05, 0) is 18.2 Å². The third-order valence-corrected chi connectivity index (χ3v) is 2.92. The fraction of sp³-hybridized carbons (Fsp3) is 0.154. The summed E-state index contributed by atoms with van der Waals surface area (Å²) in [6.45, 7) is 0. The first-order valence-corrected chi connectivity index (χ1v) is 6.21. The summed E-state index contributed by atoms with van der Waals surface area (Å²) in [5, 5.41) is 6.77. The molecule has 0 atom stereocenters. The molecule has 0 aliphatic heterocycles. The third-order valence-electron chi connectivity index (χ3n) is 2.70. The maximum atomic E-state index is 12.1. The zero-order chi connectivity index (χ0) is 14.7. The monoisotopic (exact) mass is 290 g/mol. The van der Waals surface area contributed by atoms with Gasteiger partial charge in [0, 0.05) is 18.8 Å². The average molecular weight is 290 g/mol. The predicted octanol–water partition coefficient (Wildman–Crippen LogP) is 1.32. The summed E-state index contributed by atoms with van der Waals surface area (Å²) in [5.41, 5.74) is 6.95. The minimum absolute atomic E-state index is 0.181. The van der Waals surface area contributed by atoms with Crippen LogP contribution in [0.4, 0.5) is 5.69 Å². The summed E-state index contributed by atoms with van der Waals surface area (Å²) in [6.07, 6.45) is 1.69. The van der Waals surface area contributed by atoms with E-state index in [0.717, 1.165) is 0 Å². The Labute approximate surface area is 121 Å². The van der Waals surface area contributed by atoms with Crippen LogP contribution in [0.3, 0.4) is 0 Å². The minimum Gasteiger partial charge on any atom is -0.495 e. The fourth-order valence-corrected chi connectivity index (χ4v) is 1.92. The number of rotatable bonds is 4. The number of aryl methyl sites for hydroxylation is 1. The second-order valence-electron chi connectivity index (χ2n) is 4.08. The van der Waals surface area contributed by atoms with Gasteiger partial charge in [-0.15, -0.1) is 0 Å². The maximum absolute atomic E-state index is 12.1. The molecule has 0 aliphatic rings. The van der Waals surface area contributed by atoms with Gasteiger partial charge in [-0.3, -0.25) is 9.48 Å². The molecule has 3 N–H and O–H groups in total. The maximum Gasteiger partial charge on any atom is 0.276 e. The van der Waals surface area contributed by atoms with Crippen molar-refractivity contribution in [2.75, 3.05) is 12.4 Å². The molecule has 0 spiro atoms. The lowest BCUT2D eigenvalue weighted by molar-refractivity contribution is 0.102. The third kappa shape index (κ3) is 2.77. The zero-order valence-corrected chi connectivity index (χ0v) is 11.9. The Hall–Kier alpha value is -2.41. The van der Waals surface area contributed by atoms with Crippen LogP contribution in [0.2, 0.25) is 0 Å². The summed E-state index contributed by atoms with van der Waals surface area (Å²) in [7, 11) is 3.25. The number of amides is 1. The lowest BCUT2D eigenvalue weighted by Gasteiger charge is -2.13. The van der Waals surface area contributed by atoms with Gasteiger partial charge in [0.1, 0.15) is 10.7 Å². The van der Waals surface area contributed by atoms with E-state index in [0.29, 0.717) is 22.7 Å². The van der Waals surface area contributed by atoms with Gasteiger partial charge in [-0.1, -0.05) is 18.3 Å². The average Bonchev–Trinajstić information content (AvgIpc) is 2.85. The molecule has 0 bridgehead atoms. The van der Waals surface area contributed by atoms with Crippen LogP contribution in [0.1, 0.15) is 16.1 Å². The van der Waals surface area contributed by atoms with E-state index < -0.39 is 0 Å². The summed E-state index contributed by atoms with van der Waals surface area (Å²) in [6, 6.07) is 6.81. The van der Waals surface area contributed by atoms with E-state index in [1.807, 2.05) is 0 Å². The number of hydrogen-bond donors (Lipinski definition) is 2. The number of thiocarbonyl (C=S) groups is 1. The molecule has 1 amide bonds. The number of nitrogens with one attached hydrogen (secondary N) is 1. The molecule has 0 radical (unpaired) electrons. The number of nitrogens with zero attached hydrogens (tertiary/aromatic N) is 2. The van der Waals surface area contributed by atoms with Crippen molar-refractivity contribution in [3.05, 3.63) is 41.7 Å². The molecule has 1 aromatic carbocycles. The fourth-order valence-electron chi connectivity index (χ4n) is 1.75. The largest absolute Gasteiger partial charge is 0.495 e. The second-order valence-corrected chi connectivity index (χ2v) is 4.52. The molecule has 1 heterocycles. The van der Waals surface area contributed by atoms with Gasteiger partial charge in [0.25, 0.3) is 5.91 Å². The van der Waals surface area contributed by atoms with Crippen molar-refractivity contribution in [1.82, 2.24) is 9.78 Å². The number of ether oxygens (including phenoxy) is 1. The molecule has 1 aromatic heterocycles. The van der Waals surface area contributed by atoms with Crippen LogP contribution in [-0.2, 0) is 7.05 Å². The van der Waals surface area contributed by atoms with Gasteiger partial charge in [0.2, 0.25) is 0 Å². The molecular weight excluding hydrogens is 276 g/mol. The van der Waals surface area contributed by atoms with Crippen molar-refractivity contribution < 1.29 is 9.53 Å². The number of nitrogens with two attached hydrogens (primary N) is 1. The lowest BCUT2D eigenvalue weighted by Crippen LogP contribution is -2.19. The van der Waals surface area contributed by atoms with E-state index in [2.05, 4.69) is 10.4 Å². The Morgan fingerprint density at radius 2 is 2.20 bits per heavy atom. The Balaban J connectivity index is 2.37. The van der Waals surface area contributed by atoms with Crippen molar-refractivity contribution in [3.8, 4) is 5.75 Å². The molecule has 2 rings (SSSR count). The van der Waals surface area contributed by atoms with Crippen LogP contribution in [-0.4, -0.2) is 27.8 Å². The first-order chi connectivity index (χ1) is 9.52. The molecule has 7 heteroatoms. The van der Waals surface area contributed by atoms with E-state index in [-0.39, 0.29) is 10.9 Å². The molecule has 0 unspecified atom stereocenters. The zero-order valence-electron chi connectivity index (χ0n) is 11.1. The lowest BCUT2D eigenvalue weighted by atomic mass is 10.1. The van der Waals surface area contributed by atoms with E-state index in [1.54, 1.807) is 42.2 Å². The molecule has 0 saturated carbocycles. The van der Waals surface area contributed by atoms with Gasteiger partial charge < -0.3 is 15.8 Å². The van der Waals surface area contributed by atoms with E-state index >= 15 is 0 Å². The Morgan fingerprint density at radius 1 is 1.45 bits per heavy atom. The summed E-state index contributed by atoms with van der Waals surface area (Å²) >= 11 is 4.98. The second kappa shape index (κ2) is 5.70. The van der Waals surface area contributed by atoms with Gasteiger partial charge in [0.15, 0.2) is 5.69 Å². The Bertz CT molecular complexity index is 666. The highest BCUT2D eigenvalue weighted by atomic mass is 32.1. The van der Waals surface area contributed by atoms with Crippen molar-refractivity contribution in [1.29, 1.82) is 0 Å². The number of benzene rings is 1. The molecule has 0 saturated heterocycles. The molecule has 2 aromatic rings. The number of hydrogen-bond acceptors (Lipinski definition) is 4.